The number of hydrogen-bond acceptors (Lipinski definition) is 6. The highest BCUT2D eigenvalue weighted by atomic mass is 32.1. The molecule has 1 unspecified atom stereocenters. The van der Waals surface area contributed by atoms with Gasteiger partial charge in [-0.1, -0.05) is 19.3 Å². The number of rotatable bonds is 3. The lowest BCUT2D eigenvalue weighted by atomic mass is 9.88. The normalized spacial score (nSPS) is 20.6. The molecule has 1 saturated heterocycles. The third-order valence-electron chi connectivity index (χ3n) is 6.13. The predicted molar refractivity (Wildman–Crippen MR) is 110 cm³/mol. The summed E-state index contributed by atoms with van der Waals surface area (Å²) in [6.45, 7) is 5.01. The van der Waals surface area contributed by atoms with E-state index in [9.17, 15) is 9.59 Å². The lowest BCUT2D eigenvalue weighted by Crippen LogP contribution is -2.41. The molecule has 2 amide bonds. The number of likely N-dealkylation sites (tertiary alicyclic amines) is 1. The van der Waals surface area contributed by atoms with Crippen LogP contribution in [-0.2, 0) is 4.79 Å². The van der Waals surface area contributed by atoms with Gasteiger partial charge in [0, 0.05) is 30.4 Å². The Balaban J connectivity index is 1.45. The molecule has 1 aliphatic heterocycles. The van der Waals surface area contributed by atoms with Crippen molar-refractivity contribution in [2.45, 2.75) is 58.4 Å². The van der Waals surface area contributed by atoms with Crippen LogP contribution in [0.5, 0.6) is 0 Å². The fourth-order valence-electron chi connectivity index (χ4n) is 4.29. The average Bonchev–Trinajstić information content (AvgIpc) is 3.30. The van der Waals surface area contributed by atoms with E-state index in [1.807, 2.05) is 13.8 Å². The number of nitrogen functional groups attached to an aromatic ring is 1. The highest BCUT2D eigenvalue weighted by molar-refractivity contribution is 7.21. The van der Waals surface area contributed by atoms with Crippen molar-refractivity contribution in [2.24, 2.45) is 5.92 Å². The quantitative estimate of drug-likeness (QED) is 0.823. The molecule has 2 aromatic rings. The van der Waals surface area contributed by atoms with Crippen molar-refractivity contribution >= 4 is 39.1 Å². The highest BCUT2D eigenvalue weighted by Gasteiger charge is 2.32. The number of thiophene rings is 1. The molecule has 150 valence electrons. The molecule has 8 heteroatoms. The van der Waals surface area contributed by atoms with E-state index in [1.165, 1.54) is 17.8 Å². The van der Waals surface area contributed by atoms with Crippen molar-refractivity contribution in [3.8, 4) is 0 Å². The monoisotopic (exact) mass is 401 g/mol. The Hall–Kier alpha value is -2.22. The number of aryl methyl sites for hydroxylation is 2. The largest absolute Gasteiger partial charge is 0.397 e. The number of carbonyl (C=O) groups excluding carboxylic acids is 2. The Labute approximate surface area is 168 Å². The van der Waals surface area contributed by atoms with Gasteiger partial charge in [-0.05, 0) is 38.7 Å². The molecule has 4 rings (SSSR count). The van der Waals surface area contributed by atoms with Crippen LogP contribution in [0.25, 0.3) is 10.2 Å². The van der Waals surface area contributed by atoms with Gasteiger partial charge in [0.05, 0.1) is 11.4 Å². The van der Waals surface area contributed by atoms with Crippen molar-refractivity contribution in [2.75, 3.05) is 18.8 Å². The number of carbonyl (C=O) groups is 2. The summed E-state index contributed by atoms with van der Waals surface area (Å²) in [4.78, 5) is 28.6. The molecule has 3 heterocycles. The third-order valence-corrected chi connectivity index (χ3v) is 7.20. The number of hydrogen-bond donors (Lipinski definition) is 2. The smallest absolute Gasteiger partial charge is 0.266 e. The van der Waals surface area contributed by atoms with E-state index in [4.69, 9.17) is 5.73 Å². The van der Waals surface area contributed by atoms with Gasteiger partial charge in [0.2, 0.25) is 5.91 Å². The number of anilines is 1. The van der Waals surface area contributed by atoms with Gasteiger partial charge in [-0.15, -0.1) is 16.4 Å². The summed E-state index contributed by atoms with van der Waals surface area (Å²) in [6, 6.07) is 0.0257. The summed E-state index contributed by atoms with van der Waals surface area (Å²) in [5.74, 6) is 0.218. The van der Waals surface area contributed by atoms with Gasteiger partial charge in [-0.3, -0.25) is 9.59 Å². The molecule has 2 aliphatic rings. The molecule has 3 N–H and O–H groups in total. The second kappa shape index (κ2) is 7.66. The van der Waals surface area contributed by atoms with Crippen LogP contribution < -0.4 is 11.1 Å². The number of nitrogens with one attached hydrogen (secondary N) is 1. The molecule has 0 aromatic carbocycles. The van der Waals surface area contributed by atoms with E-state index in [0.717, 1.165) is 48.7 Å². The summed E-state index contributed by atoms with van der Waals surface area (Å²) in [6.07, 6.45) is 6.27. The molecule has 0 radical (unpaired) electrons. The zero-order chi connectivity index (χ0) is 19.8. The minimum absolute atomic E-state index is 0.0257. The van der Waals surface area contributed by atoms with Gasteiger partial charge in [-0.25, -0.2) is 0 Å². The van der Waals surface area contributed by atoms with Crippen LogP contribution in [-0.4, -0.2) is 46.0 Å². The Bertz CT molecular complexity index is 919. The van der Waals surface area contributed by atoms with E-state index in [2.05, 4.69) is 15.5 Å². The van der Waals surface area contributed by atoms with Gasteiger partial charge in [0.25, 0.3) is 5.91 Å². The standard InChI is InChI=1S/C20H27N5O2S/c1-11-12(2)23-24-19-15(11)16(21)17(28-19)20(27)25-9-8-14(10-25)22-18(26)13-6-4-3-5-7-13/h13-14H,3-10,21H2,1-2H3,(H,22,26). The molecule has 1 aliphatic carbocycles. The van der Waals surface area contributed by atoms with Crippen LogP contribution in [0.3, 0.4) is 0 Å². The van der Waals surface area contributed by atoms with Crippen LogP contribution in [0, 0.1) is 19.8 Å². The summed E-state index contributed by atoms with van der Waals surface area (Å²) in [5, 5.41) is 12.3. The molecule has 7 nitrogen and oxygen atoms in total. The summed E-state index contributed by atoms with van der Waals surface area (Å²) in [7, 11) is 0. The van der Waals surface area contributed by atoms with Crippen molar-refractivity contribution in [1.82, 2.24) is 20.4 Å². The summed E-state index contributed by atoms with van der Waals surface area (Å²) in [5.41, 5.74) is 8.60. The van der Waals surface area contributed by atoms with Crippen molar-refractivity contribution < 1.29 is 9.59 Å². The van der Waals surface area contributed by atoms with E-state index < -0.39 is 0 Å². The van der Waals surface area contributed by atoms with Gasteiger partial charge in [0.1, 0.15) is 9.71 Å². The zero-order valence-corrected chi connectivity index (χ0v) is 17.3. The maximum atomic E-state index is 13.1. The highest BCUT2D eigenvalue weighted by Crippen LogP contribution is 2.36. The minimum atomic E-state index is -0.0769. The summed E-state index contributed by atoms with van der Waals surface area (Å²) >= 11 is 1.30. The minimum Gasteiger partial charge on any atom is -0.397 e. The maximum Gasteiger partial charge on any atom is 0.266 e. The third kappa shape index (κ3) is 3.45. The fourth-order valence-corrected chi connectivity index (χ4v) is 5.36. The average molecular weight is 402 g/mol. The Morgan fingerprint density at radius 3 is 2.64 bits per heavy atom. The SMILES string of the molecule is Cc1nnc2sc(C(=O)N3CCC(NC(=O)C4CCCCC4)C3)c(N)c2c1C. The lowest BCUT2D eigenvalue weighted by molar-refractivity contribution is -0.126. The lowest BCUT2D eigenvalue weighted by Gasteiger charge is -2.23. The molecule has 28 heavy (non-hydrogen) atoms. The first-order chi connectivity index (χ1) is 13.5. The van der Waals surface area contributed by atoms with Crippen LogP contribution >= 0.6 is 11.3 Å². The molecule has 1 atom stereocenters. The molecule has 2 aromatic heterocycles. The van der Waals surface area contributed by atoms with Crippen molar-refractivity contribution in [1.29, 1.82) is 0 Å². The van der Waals surface area contributed by atoms with Gasteiger partial charge in [-0.2, -0.15) is 5.10 Å². The predicted octanol–water partition coefficient (Wildman–Crippen LogP) is 2.80. The molecule has 1 saturated carbocycles. The first-order valence-electron chi connectivity index (χ1n) is 10.1. The number of fused-ring (bicyclic) bond motifs is 1. The molecule has 2 fully saturated rings. The first kappa shape index (κ1) is 19.1. The van der Waals surface area contributed by atoms with Gasteiger partial charge in [0.15, 0.2) is 0 Å². The Morgan fingerprint density at radius 1 is 1.14 bits per heavy atom. The topological polar surface area (TPSA) is 101 Å². The van der Waals surface area contributed by atoms with E-state index in [-0.39, 0.29) is 23.8 Å². The first-order valence-corrected chi connectivity index (χ1v) is 10.9. The fraction of sp³-hybridized carbons (Fsp3) is 0.600. The van der Waals surface area contributed by atoms with E-state index in [0.29, 0.717) is 28.5 Å². The summed E-state index contributed by atoms with van der Waals surface area (Å²) < 4.78 is 0. The van der Waals surface area contributed by atoms with Gasteiger partial charge >= 0.3 is 0 Å². The second-order valence-corrected chi connectivity index (χ2v) is 9.01. The second-order valence-electron chi connectivity index (χ2n) is 8.02. The Morgan fingerprint density at radius 2 is 1.89 bits per heavy atom. The van der Waals surface area contributed by atoms with Crippen molar-refractivity contribution in [3.05, 3.63) is 16.1 Å². The van der Waals surface area contributed by atoms with Crippen LogP contribution in [0.15, 0.2) is 0 Å². The van der Waals surface area contributed by atoms with Crippen LogP contribution in [0.1, 0.15) is 59.5 Å². The van der Waals surface area contributed by atoms with E-state index in [1.54, 1.807) is 4.90 Å². The van der Waals surface area contributed by atoms with Crippen LogP contribution in [0.4, 0.5) is 5.69 Å². The maximum absolute atomic E-state index is 13.1. The molecular weight excluding hydrogens is 374 g/mol. The van der Waals surface area contributed by atoms with Crippen molar-refractivity contribution in [3.63, 3.8) is 0 Å². The number of nitrogens with two attached hydrogens (primary N) is 1. The number of nitrogens with zero attached hydrogens (tertiary/aromatic N) is 3. The number of aromatic nitrogens is 2. The molecule has 0 bridgehead atoms. The van der Waals surface area contributed by atoms with E-state index >= 15 is 0 Å². The number of amides is 2. The van der Waals surface area contributed by atoms with Gasteiger partial charge < -0.3 is 16.0 Å². The zero-order valence-electron chi connectivity index (χ0n) is 16.5. The molecule has 0 spiro atoms. The van der Waals surface area contributed by atoms with Crippen LogP contribution in [0.2, 0.25) is 0 Å². The Kier molecular flexibility index (Phi) is 5.23. The molecular formula is C20H27N5O2S.